The number of hydrogen-bond donors (Lipinski definition) is 0. The molecule has 1 aliphatic rings. The normalized spacial score (nSPS) is 18.1. The molecule has 0 N–H and O–H groups in total. The fraction of sp³-hybridized carbons (Fsp3) is 0.500. The summed E-state index contributed by atoms with van der Waals surface area (Å²) in [5, 5.41) is 2.98. The molecule has 0 saturated heterocycles. The van der Waals surface area contributed by atoms with E-state index in [0.717, 1.165) is 24.8 Å². The summed E-state index contributed by atoms with van der Waals surface area (Å²) < 4.78 is 4.82. The quantitative estimate of drug-likeness (QED) is 0.468. The predicted octanol–water partition coefficient (Wildman–Crippen LogP) is 3.39. The van der Waals surface area contributed by atoms with Gasteiger partial charge >= 0.3 is 5.97 Å². The van der Waals surface area contributed by atoms with Crippen molar-refractivity contribution >= 4 is 39.7 Å². The second-order valence-corrected chi connectivity index (χ2v) is 5.49. The van der Waals surface area contributed by atoms with Crippen LogP contribution in [0.15, 0.2) is 4.99 Å². The summed E-state index contributed by atoms with van der Waals surface area (Å²) in [5.41, 5.74) is 1.70. The molecule has 3 nitrogen and oxygen atoms in total. The molecule has 17 heavy (non-hydrogen) atoms. The Hall–Kier alpha value is -1.03. The Morgan fingerprint density at radius 3 is 3.06 bits per heavy atom. The predicted molar refractivity (Wildman–Crippen MR) is 71.5 cm³/mol. The number of thiophene rings is 1. The lowest BCUT2D eigenvalue weighted by Gasteiger charge is -2.18. The van der Waals surface area contributed by atoms with Gasteiger partial charge in [-0.25, -0.2) is 4.79 Å². The van der Waals surface area contributed by atoms with Crippen LogP contribution in [0.5, 0.6) is 0 Å². The van der Waals surface area contributed by atoms with Crippen molar-refractivity contribution in [2.24, 2.45) is 10.9 Å². The van der Waals surface area contributed by atoms with E-state index in [4.69, 9.17) is 4.74 Å². The zero-order chi connectivity index (χ0) is 12.4. The van der Waals surface area contributed by atoms with Crippen molar-refractivity contribution in [1.82, 2.24) is 0 Å². The molecule has 1 unspecified atom stereocenters. The fourth-order valence-corrected chi connectivity index (χ4v) is 3.65. The van der Waals surface area contributed by atoms with Crippen molar-refractivity contribution in [3.05, 3.63) is 16.0 Å². The van der Waals surface area contributed by atoms with Crippen LogP contribution in [0.4, 0.5) is 5.00 Å². The summed E-state index contributed by atoms with van der Waals surface area (Å²) in [5.74, 6) is 0.344. The number of hydrogen-bond acceptors (Lipinski definition) is 5. The Morgan fingerprint density at radius 1 is 1.65 bits per heavy atom. The molecule has 1 aliphatic carbocycles. The van der Waals surface area contributed by atoms with Crippen molar-refractivity contribution in [2.45, 2.75) is 26.2 Å². The summed E-state index contributed by atoms with van der Waals surface area (Å²) >= 11 is 6.16. The first-order chi connectivity index (χ1) is 8.17. The summed E-state index contributed by atoms with van der Waals surface area (Å²) in [7, 11) is 1.39. The Kier molecular flexibility index (Phi) is 3.72. The lowest BCUT2D eigenvalue weighted by molar-refractivity contribution is 0.0600. The highest BCUT2D eigenvalue weighted by atomic mass is 32.1. The molecule has 1 aromatic heterocycles. The van der Waals surface area contributed by atoms with Gasteiger partial charge in [-0.2, -0.15) is 4.99 Å². The van der Waals surface area contributed by atoms with Crippen LogP contribution >= 0.6 is 23.6 Å². The third-order valence-corrected chi connectivity index (χ3v) is 4.27. The minimum atomic E-state index is -0.318. The van der Waals surface area contributed by atoms with E-state index in [2.05, 4.69) is 29.3 Å². The van der Waals surface area contributed by atoms with E-state index in [9.17, 15) is 4.79 Å². The second-order valence-electron chi connectivity index (χ2n) is 4.23. The number of carbonyl (C=O) groups is 1. The summed E-state index contributed by atoms with van der Waals surface area (Å²) in [4.78, 5) is 17.0. The standard InChI is InChI=1S/C12H13NO2S2/c1-7-3-4-8-9(5-7)17-11(13-6-16)10(8)12(14)15-2/h7H,3-5H2,1-2H3. The van der Waals surface area contributed by atoms with E-state index in [0.29, 0.717) is 16.5 Å². The zero-order valence-corrected chi connectivity index (χ0v) is 11.4. The minimum absolute atomic E-state index is 0.318. The fourth-order valence-electron chi connectivity index (χ4n) is 2.17. The highest BCUT2D eigenvalue weighted by Crippen LogP contribution is 2.41. The topological polar surface area (TPSA) is 38.7 Å². The largest absolute Gasteiger partial charge is 0.465 e. The van der Waals surface area contributed by atoms with E-state index < -0.39 is 0 Å². The smallest absolute Gasteiger partial charge is 0.341 e. The van der Waals surface area contributed by atoms with Crippen LogP contribution in [0.1, 0.15) is 34.1 Å². The molecule has 0 saturated carbocycles. The van der Waals surface area contributed by atoms with Crippen molar-refractivity contribution in [1.29, 1.82) is 0 Å². The van der Waals surface area contributed by atoms with Crippen LogP contribution in [-0.4, -0.2) is 18.2 Å². The maximum Gasteiger partial charge on any atom is 0.341 e. The number of methoxy groups -OCH3 is 1. The van der Waals surface area contributed by atoms with E-state index in [1.165, 1.54) is 23.3 Å². The van der Waals surface area contributed by atoms with Gasteiger partial charge in [0.05, 0.1) is 12.3 Å². The number of rotatable bonds is 2. The van der Waals surface area contributed by atoms with Crippen LogP contribution in [-0.2, 0) is 17.6 Å². The minimum Gasteiger partial charge on any atom is -0.465 e. The third kappa shape index (κ3) is 2.32. The van der Waals surface area contributed by atoms with Crippen molar-refractivity contribution in [2.75, 3.05) is 7.11 Å². The number of nitrogens with zero attached hydrogens (tertiary/aromatic N) is 1. The van der Waals surface area contributed by atoms with Gasteiger partial charge < -0.3 is 4.74 Å². The Morgan fingerprint density at radius 2 is 2.41 bits per heavy atom. The van der Waals surface area contributed by atoms with Crippen LogP contribution in [0.3, 0.4) is 0 Å². The van der Waals surface area contributed by atoms with Crippen LogP contribution in [0.2, 0.25) is 0 Å². The van der Waals surface area contributed by atoms with Crippen molar-refractivity contribution in [3.8, 4) is 0 Å². The van der Waals surface area contributed by atoms with Crippen molar-refractivity contribution < 1.29 is 9.53 Å². The number of esters is 1. The Balaban J connectivity index is 2.54. The van der Waals surface area contributed by atoms with Gasteiger partial charge in [0, 0.05) is 4.88 Å². The molecular formula is C12H13NO2S2. The van der Waals surface area contributed by atoms with E-state index in [-0.39, 0.29) is 5.97 Å². The van der Waals surface area contributed by atoms with Gasteiger partial charge in [-0.3, -0.25) is 0 Å². The first kappa shape index (κ1) is 12.4. The van der Waals surface area contributed by atoms with Crippen LogP contribution in [0.25, 0.3) is 0 Å². The number of isothiocyanates is 1. The highest BCUT2D eigenvalue weighted by molar-refractivity contribution is 7.78. The number of carbonyl (C=O) groups excluding carboxylic acids is 1. The van der Waals surface area contributed by atoms with Gasteiger partial charge in [0.15, 0.2) is 0 Å². The van der Waals surface area contributed by atoms with E-state index in [1.54, 1.807) is 0 Å². The second kappa shape index (κ2) is 5.08. The molecule has 1 atom stereocenters. The lowest BCUT2D eigenvalue weighted by atomic mass is 9.88. The number of thiocarbonyl (C=S) groups is 1. The molecule has 0 radical (unpaired) electrons. The molecule has 1 aromatic rings. The Labute approximate surface area is 110 Å². The highest BCUT2D eigenvalue weighted by Gasteiger charge is 2.27. The van der Waals surface area contributed by atoms with Gasteiger partial charge in [0.1, 0.15) is 10.6 Å². The maximum atomic E-state index is 11.8. The van der Waals surface area contributed by atoms with Crippen molar-refractivity contribution in [3.63, 3.8) is 0 Å². The summed E-state index contributed by atoms with van der Waals surface area (Å²) in [6.07, 6.45) is 3.04. The molecule has 0 amide bonds. The molecule has 0 aliphatic heterocycles. The summed E-state index contributed by atoms with van der Waals surface area (Å²) in [6.45, 7) is 2.22. The monoisotopic (exact) mass is 267 g/mol. The molecule has 2 rings (SSSR count). The van der Waals surface area contributed by atoms with Gasteiger partial charge in [0.25, 0.3) is 0 Å². The summed E-state index contributed by atoms with van der Waals surface area (Å²) in [6, 6.07) is 0. The third-order valence-electron chi connectivity index (χ3n) is 3.03. The first-order valence-corrected chi connectivity index (χ1v) is 6.70. The molecule has 0 fully saturated rings. The van der Waals surface area contributed by atoms with Crippen LogP contribution < -0.4 is 0 Å². The van der Waals surface area contributed by atoms with E-state index >= 15 is 0 Å². The maximum absolute atomic E-state index is 11.8. The average molecular weight is 267 g/mol. The van der Waals surface area contributed by atoms with Gasteiger partial charge in [-0.1, -0.05) is 6.92 Å². The van der Waals surface area contributed by atoms with Crippen LogP contribution in [0, 0.1) is 5.92 Å². The number of ether oxygens (including phenoxy) is 1. The molecular weight excluding hydrogens is 254 g/mol. The van der Waals surface area contributed by atoms with Gasteiger partial charge in [-0.15, -0.1) is 11.3 Å². The molecule has 1 heterocycles. The van der Waals surface area contributed by atoms with Gasteiger partial charge in [-0.05, 0) is 43.0 Å². The average Bonchev–Trinajstić information content (AvgIpc) is 2.65. The molecule has 5 heteroatoms. The zero-order valence-electron chi connectivity index (χ0n) is 9.78. The van der Waals surface area contributed by atoms with E-state index in [1.807, 2.05) is 0 Å². The molecule has 0 bridgehead atoms. The molecule has 0 aromatic carbocycles. The number of fused-ring (bicyclic) bond motifs is 1. The Bertz CT molecular complexity index is 501. The number of aliphatic imine (C=N–C) groups is 1. The van der Waals surface area contributed by atoms with Gasteiger partial charge in [0.2, 0.25) is 0 Å². The molecule has 0 spiro atoms. The lowest BCUT2D eigenvalue weighted by Crippen LogP contribution is -2.12. The first-order valence-electron chi connectivity index (χ1n) is 5.48. The SMILES string of the molecule is COC(=O)c1c(N=C=S)sc2c1CCC(C)C2. The molecule has 90 valence electrons.